The number of anilines is 3. The quantitative estimate of drug-likeness (QED) is 0.633. The molecule has 0 aliphatic carbocycles. The number of carbonyl (C=O) groups is 2. The summed E-state index contributed by atoms with van der Waals surface area (Å²) in [5.74, 6) is -0.213. The zero-order valence-corrected chi connectivity index (χ0v) is 18.4. The van der Waals surface area contributed by atoms with Gasteiger partial charge in [0.05, 0.1) is 0 Å². The van der Waals surface area contributed by atoms with Crippen molar-refractivity contribution in [2.45, 2.75) is 19.9 Å². The van der Waals surface area contributed by atoms with Gasteiger partial charge < -0.3 is 9.80 Å². The van der Waals surface area contributed by atoms with Crippen molar-refractivity contribution in [1.29, 1.82) is 0 Å². The molecule has 0 unspecified atom stereocenters. The van der Waals surface area contributed by atoms with Crippen LogP contribution >= 0.6 is 0 Å². The molecule has 1 aliphatic rings. The number of rotatable bonds is 4. The van der Waals surface area contributed by atoms with Crippen LogP contribution in [-0.2, 0) is 9.59 Å². The summed E-state index contributed by atoms with van der Waals surface area (Å²) in [5.41, 5.74) is 5.56. The van der Waals surface area contributed by atoms with Gasteiger partial charge in [-0.05, 0) is 66.9 Å². The fraction of sp³-hybridized carbons (Fsp3) is 0.231. The Morgan fingerprint density at radius 2 is 1.48 bits per heavy atom. The normalized spacial score (nSPS) is 16.6. The molecular formula is C26H27N3O2. The minimum atomic E-state index is -0.721. The summed E-state index contributed by atoms with van der Waals surface area (Å²) in [6.45, 7) is 4.07. The number of hydrogen-bond acceptors (Lipinski definition) is 3. The Balaban J connectivity index is 1.80. The average Bonchev–Trinajstić information content (AvgIpc) is 2.77. The van der Waals surface area contributed by atoms with Crippen LogP contribution < -0.4 is 14.7 Å². The lowest BCUT2D eigenvalue weighted by atomic mass is 9.98. The first-order valence-corrected chi connectivity index (χ1v) is 10.4. The van der Waals surface area contributed by atoms with E-state index in [4.69, 9.17) is 0 Å². The van der Waals surface area contributed by atoms with Gasteiger partial charge in [0.25, 0.3) is 5.91 Å². The molecule has 0 saturated carbocycles. The van der Waals surface area contributed by atoms with Crippen molar-refractivity contribution in [3.05, 3.63) is 89.5 Å². The Labute approximate surface area is 183 Å². The zero-order valence-electron chi connectivity index (χ0n) is 18.4. The Hall–Kier alpha value is -3.60. The molecule has 3 aromatic rings. The number of hydrogen-bond donors (Lipinski definition) is 0. The summed E-state index contributed by atoms with van der Waals surface area (Å²) in [6, 6.07) is 22.4. The summed E-state index contributed by atoms with van der Waals surface area (Å²) < 4.78 is 0. The highest BCUT2D eigenvalue weighted by Gasteiger charge is 2.41. The van der Waals surface area contributed by atoms with Crippen molar-refractivity contribution in [2.24, 2.45) is 0 Å². The smallest absolute Gasteiger partial charge is 0.255 e. The maximum absolute atomic E-state index is 13.8. The van der Waals surface area contributed by atoms with Crippen molar-refractivity contribution in [3.8, 4) is 0 Å². The summed E-state index contributed by atoms with van der Waals surface area (Å²) >= 11 is 0. The highest BCUT2D eigenvalue weighted by Crippen LogP contribution is 2.35. The first-order valence-electron chi connectivity index (χ1n) is 10.4. The Kier molecular flexibility index (Phi) is 5.51. The third kappa shape index (κ3) is 3.91. The molecule has 1 atom stereocenters. The Bertz CT molecular complexity index is 1110. The van der Waals surface area contributed by atoms with E-state index in [1.54, 1.807) is 9.80 Å². The second-order valence-corrected chi connectivity index (χ2v) is 8.18. The third-order valence-electron chi connectivity index (χ3n) is 5.88. The van der Waals surface area contributed by atoms with Gasteiger partial charge in [-0.15, -0.1) is 0 Å². The molecule has 2 amide bonds. The van der Waals surface area contributed by atoms with Crippen LogP contribution in [0.1, 0.15) is 22.7 Å². The van der Waals surface area contributed by atoms with Gasteiger partial charge in [-0.1, -0.05) is 36.4 Å². The molecule has 0 N–H and O–H groups in total. The van der Waals surface area contributed by atoms with Crippen molar-refractivity contribution < 1.29 is 9.59 Å². The van der Waals surface area contributed by atoms with E-state index in [9.17, 15) is 9.59 Å². The van der Waals surface area contributed by atoms with Gasteiger partial charge in [0.1, 0.15) is 12.6 Å². The topological polar surface area (TPSA) is 43.9 Å². The van der Waals surface area contributed by atoms with Crippen LogP contribution in [0.4, 0.5) is 17.1 Å². The molecule has 5 heteroatoms. The van der Waals surface area contributed by atoms with Crippen LogP contribution in [0.3, 0.4) is 0 Å². The van der Waals surface area contributed by atoms with E-state index in [-0.39, 0.29) is 18.4 Å². The molecule has 1 fully saturated rings. The number of nitrogens with zero attached hydrogens (tertiary/aromatic N) is 3. The Morgan fingerprint density at radius 3 is 2.10 bits per heavy atom. The molecule has 1 heterocycles. The third-order valence-corrected chi connectivity index (χ3v) is 5.88. The van der Waals surface area contributed by atoms with E-state index >= 15 is 0 Å². The predicted molar refractivity (Wildman–Crippen MR) is 126 cm³/mol. The summed E-state index contributed by atoms with van der Waals surface area (Å²) in [5, 5.41) is 0. The van der Waals surface area contributed by atoms with Crippen LogP contribution in [0.15, 0.2) is 72.8 Å². The SMILES string of the molecule is Cc1ccc(N2CC(=O)N(c3ccccc3)[C@H](c3ccc(N(C)C)cc3)C2=O)cc1C. The number of amides is 2. The minimum Gasteiger partial charge on any atom is -0.378 e. The number of aryl methyl sites for hydroxylation is 2. The molecular weight excluding hydrogens is 386 g/mol. The van der Waals surface area contributed by atoms with Gasteiger partial charge in [-0.2, -0.15) is 0 Å². The van der Waals surface area contributed by atoms with E-state index in [1.807, 2.05) is 106 Å². The van der Waals surface area contributed by atoms with E-state index in [1.165, 1.54) is 0 Å². The van der Waals surface area contributed by atoms with Crippen molar-refractivity contribution >= 4 is 28.9 Å². The van der Waals surface area contributed by atoms with Crippen LogP contribution in [0.5, 0.6) is 0 Å². The maximum Gasteiger partial charge on any atom is 0.255 e. The lowest BCUT2D eigenvalue weighted by Gasteiger charge is -2.40. The summed E-state index contributed by atoms with van der Waals surface area (Å²) in [7, 11) is 3.95. The largest absolute Gasteiger partial charge is 0.378 e. The molecule has 0 spiro atoms. The second-order valence-electron chi connectivity index (χ2n) is 8.18. The lowest BCUT2D eigenvalue weighted by molar-refractivity contribution is -0.128. The second kappa shape index (κ2) is 8.26. The molecule has 4 rings (SSSR count). The van der Waals surface area contributed by atoms with E-state index < -0.39 is 6.04 Å². The number of carbonyl (C=O) groups excluding carboxylic acids is 2. The molecule has 0 radical (unpaired) electrons. The highest BCUT2D eigenvalue weighted by molar-refractivity contribution is 6.14. The van der Waals surface area contributed by atoms with E-state index in [2.05, 4.69) is 0 Å². The van der Waals surface area contributed by atoms with Crippen LogP contribution in [0, 0.1) is 13.8 Å². The molecule has 158 valence electrons. The number of benzene rings is 3. The minimum absolute atomic E-state index is 0.0164. The molecule has 1 aliphatic heterocycles. The number of para-hydroxylation sites is 1. The first kappa shape index (κ1) is 20.7. The van der Waals surface area contributed by atoms with Gasteiger partial charge in [-0.3, -0.25) is 14.5 Å². The van der Waals surface area contributed by atoms with Gasteiger partial charge in [0.2, 0.25) is 5.91 Å². The van der Waals surface area contributed by atoms with Crippen molar-refractivity contribution in [3.63, 3.8) is 0 Å². The van der Waals surface area contributed by atoms with Gasteiger partial charge in [-0.25, -0.2) is 0 Å². The number of piperazine rings is 1. The van der Waals surface area contributed by atoms with Crippen LogP contribution in [-0.4, -0.2) is 32.5 Å². The lowest BCUT2D eigenvalue weighted by Crippen LogP contribution is -2.56. The van der Waals surface area contributed by atoms with E-state index in [0.29, 0.717) is 0 Å². The first-order chi connectivity index (χ1) is 14.9. The fourth-order valence-electron chi connectivity index (χ4n) is 3.93. The molecule has 0 aromatic heterocycles. The molecule has 1 saturated heterocycles. The predicted octanol–water partition coefficient (Wildman–Crippen LogP) is 4.49. The standard InChI is InChI=1S/C26H27N3O2/c1-18-10-13-23(16-19(18)2)28-17-24(30)29(22-8-6-5-7-9-22)25(26(28)31)20-11-14-21(15-12-20)27(3)4/h5-16,25H,17H2,1-4H3/t25-/m1/s1. The summed E-state index contributed by atoms with van der Waals surface area (Å²) in [6.07, 6.45) is 0. The van der Waals surface area contributed by atoms with Gasteiger partial charge >= 0.3 is 0 Å². The Morgan fingerprint density at radius 1 is 0.806 bits per heavy atom. The molecule has 0 bridgehead atoms. The monoisotopic (exact) mass is 413 g/mol. The van der Waals surface area contributed by atoms with Gasteiger partial charge in [0, 0.05) is 31.2 Å². The maximum atomic E-state index is 13.8. The molecule has 5 nitrogen and oxygen atoms in total. The highest BCUT2D eigenvalue weighted by atomic mass is 16.2. The zero-order chi connectivity index (χ0) is 22.1. The van der Waals surface area contributed by atoms with Crippen LogP contribution in [0.2, 0.25) is 0 Å². The molecule has 3 aromatic carbocycles. The molecule has 31 heavy (non-hydrogen) atoms. The fourth-order valence-corrected chi connectivity index (χ4v) is 3.93. The summed E-state index contributed by atoms with van der Waals surface area (Å²) in [4.78, 5) is 32.4. The van der Waals surface area contributed by atoms with E-state index in [0.717, 1.165) is 33.8 Å². The van der Waals surface area contributed by atoms with Crippen LogP contribution in [0.25, 0.3) is 0 Å². The average molecular weight is 414 g/mol. The van der Waals surface area contributed by atoms with Crippen molar-refractivity contribution in [1.82, 2.24) is 0 Å². The van der Waals surface area contributed by atoms with Crippen molar-refractivity contribution in [2.75, 3.05) is 35.3 Å². The van der Waals surface area contributed by atoms with Gasteiger partial charge in [0.15, 0.2) is 0 Å².